The second kappa shape index (κ2) is 8.35. The van der Waals surface area contributed by atoms with Crippen molar-refractivity contribution in [3.8, 4) is 11.4 Å². The number of hydrogen-bond acceptors (Lipinski definition) is 5. The van der Waals surface area contributed by atoms with Gasteiger partial charge in [0.25, 0.3) is 5.91 Å². The zero-order chi connectivity index (χ0) is 21.5. The van der Waals surface area contributed by atoms with Gasteiger partial charge in [0.2, 0.25) is 0 Å². The zero-order valence-electron chi connectivity index (χ0n) is 17.2. The van der Waals surface area contributed by atoms with Crippen LogP contribution < -0.4 is 5.32 Å². The average molecular weight is 452 g/mol. The fraction of sp³-hybridized carbons (Fsp3) is 0.136. The highest BCUT2D eigenvalue weighted by Gasteiger charge is 2.20. The minimum atomic E-state index is -0.338. The smallest absolute Gasteiger partial charge is 0.255 e. The topological polar surface area (TPSA) is 101 Å². The molecule has 1 amide bonds. The van der Waals surface area contributed by atoms with Gasteiger partial charge in [0.1, 0.15) is 22.7 Å². The number of fused-ring (bicyclic) bond motifs is 2. The van der Waals surface area contributed by atoms with Crippen LogP contribution in [0.2, 0.25) is 0 Å². The lowest BCUT2D eigenvalue weighted by Crippen LogP contribution is -2.27. The minimum Gasteiger partial charge on any atom is -0.344 e. The minimum absolute atomic E-state index is 0. The molecule has 1 atom stereocenters. The number of aryl methyl sites for hydroxylation is 1. The molecule has 0 aliphatic heterocycles. The molecular formula is C22H19ClFN7O. The number of H-pyrrole nitrogens is 1. The van der Waals surface area contributed by atoms with Gasteiger partial charge in [0.05, 0.1) is 29.0 Å². The largest absolute Gasteiger partial charge is 0.344 e. The van der Waals surface area contributed by atoms with Gasteiger partial charge in [0.15, 0.2) is 5.65 Å². The van der Waals surface area contributed by atoms with Crippen molar-refractivity contribution in [3.05, 3.63) is 72.1 Å². The fourth-order valence-electron chi connectivity index (χ4n) is 3.58. The van der Waals surface area contributed by atoms with Crippen LogP contribution in [-0.4, -0.2) is 35.6 Å². The van der Waals surface area contributed by atoms with Crippen molar-refractivity contribution in [3.63, 3.8) is 0 Å². The van der Waals surface area contributed by atoms with Crippen LogP contribution in [0, 0.1) is 5.82 Å². The van der Waals surface area contributed by atoms with Crippen LogP contribution in [0.4, 0.5) is 4.39 Å². The molecule has 32 heavy (non-hydrogen) atoms. The number of amides is 1. The van der Waals surface area contributed by atoms with Gasteiger partial charge in [-0.05, 0) is 37.3 Å². The summed E-state index contributed by atoms with van der Waals surface area (Å²) in [4.78, 5) is 29.2. The van der Waals surface area contributed by atoms with E-state index < -0.39 is 0 Å². The van der Waals surface area contributed by atoms with Crippen LogP contribution in [0.3, 0.4) is 0 Å². The van der Waals surface area contributed by atoms with Crippen molar-refractivity contribution in [2.45, 2.75) is 13.0 Å². The number of aromatic amines is 1. The fourth-order valence-corrected chi connectivity index (χ4v) is 3.58. The quantitative estimate of drug-likeness (QED) is 0.430. The standard InChI is InChI=1S/C22H18FN7O.ClH/c1-12(16-5-3-4-8-24-16)27-22(31)15-10-25-21-20(15)28-17(11-26-21)19-14-7-6-13(23)9-18(14)30(2)29-19;/h3-12H,1-2H3,(H,25,26)(H,27,31);1H/t12-;/m1./s1. The summed E-state index contributed by atoms with van der Waals surface area (Å²) >= 11 is 0. The van der Waals surface area contributed by atoms with E-state index in [4.69, 9.17) is 0 Å². The molecule has 2 N–H and O–H groups in total. The maximum Gasteiger partial charge on any atom is 0.255 e. The van der Waals surface area contributed by atoms with Crippen molar-refractivity contribution >= 4 is 40.4 Å². The SMILES string of the molecule is C[C@@H](NC(=O)c1c[nH]c2ncc(-c3nn(C)c4cc(F)ccc34)nc12)c1ccccn1.Cl. The molecule has 8 nitrogen and oxygen atoms in total. The van der Waals surface area contributed by atoms with E-state index in [1.165, 1.54) is 12.1 Å². The third-order valence-electron chi connectivity index (χ3n) is 5.16. The lowest BCUT2D eigenvalue weighted by atomic mass is 10.1. The van der Waals surface area contributed by atoms with Crippen molar-refractivity contribution in [1.29, 1.82) is 0 Å². The van der Waals surface area contributed by atoms with Gasteiger partial charge < -0.3 is 10.3 Å². The van der Waals surface area contributed by atoms with Crippen LogP contribution in [0.1, 0.15) is 29.0 Å². The Morgan fingerprint density at radius 1 is 1.22 bits per heavy atom. The number of benzene rings is 1. The maximum absolute atomic E-state index is 13.6. The predicted octanol–water partition coefficient (Wildman–Crippen LogP) is 3.96. The Bertz CT molecular complexity index is 1430. The summed E-state index contributed by atoms with van der Waals surface area (Å²) in [6.07, 6.45) is 4.85. The van der Waals surface area contributed by atoms with Gasteiger partial charge >= 0.3 is 0 Å². The number of carbonyl (C=O) groups excluding carboxylic acids is 1. The number of hydrogen-bond donors (Lipinski definition) is 2. The van der Waals surface area contributed by atoms with E-state index >= 15 is 0 Å². The number of carbonyl (C=O) groups is 1. The summed E-state index contributed by atoms with van der Waals surface area (Å²) in [6, 6.07) is 9.75. The number of rotatable bonds is 4. The van der Waals surface area contributed by atoms with E-state index in [0.29, 0.717) is 33.6 Å². The molecule has 10 heteroatoms. The Kier molecular flexibility index (Phi) is 5.58. The third-order valence-corrected chi connectivity index (χ3v) is 5.16. The summed E-state index contributed by atoms with van der Waals surface area (Å²) in [5.41, 5.74) is 3.77. The lowest BCUT2D eigenvalue weighted by molar-refractivity contribution is 0.0940. The first-order valence-corrected chi connectivity index (χ1v) is 9.70. The summed E-state index contributed by atoms with van der Waals surface area (Å²) in [5.74, 6) is -0.626. The molecule has 0 radical (unpaired) electrons. The first kappa shape index (κ1) is 21.4. The van der Waals surface area contributed by atoms with Crippen LogP contribution in [-0.2, 0) is 7.05 Å². The van der Waals surface area contributed by atoms with Crippen LogP contribution >= 0.6 is 12.4 Å². The molecule has 162 valence electrons. The molecular weight excluding hydrogens is 433 g/mol. The highest BCUT2D eigenvalue weighted by atomic mass is 35.5. The van der Waals surface area contributed by atoms with Crippen molar-refractivity contribution in [1.82, 2.24) is 35.0 Å². The van der Waals surface area contributed by atoms with E-state index in [1.54, 1.807) is 36.4 Å². The maximum atomic E-state index is 13.6. The molecule has 0 bridgehead atoms. The van der Waals surface area contributed by atoms with E-state index in [1.807, 2.05) is 25.1 Å². The highest BCUT2D eigenvalue weighted by molar-refractivity contribution is 6.05. The first-order valence-electron chi connectivity index (χ1n) is 9.70. The molecule has 5 rings (SSSR count). The summed E-state index contributed by atoms with van der Waals surface area (Å²) in [6.45, 7) is 1.87. The molecule has 4 aromatic heterocycles. The Balaban J connectivity index is 0.00000245. The van der Waals surface area contributed by atoms with Crippen LogP contribution in [0.5, 0.6) is 0 Å². The van der Waals surface area contributed by atoms with Gasteiger partial charge in [-0.3, -0.25) is 14.5 Å². The number of aromatic nitrogens is 6. The van der Waals surface area contributed by atoms with Gasteiger partial charge in [-0.15, -0.1) is 12.4 Å². The van der Waals surface area contributed by atoms with E-state index in [-0.39, 0.29) is 30.2 Å². The number of nitrogens with one attached hydrogen (secondary N) is 2. The van der Waals surface area contributed by atoms with Crippen molar-refractivity contribution < 1.29 is 9.18 Å². The number of halogens is 2. The molecule has 0 unspecified atom stereocenters. The monoisotopic (exact) mass is 451 g/mol. The van der Waals surface area contributed by atoms with Crippen molar-refractivity contribution in [2.24, 2.45) is 7.05 Å². The molecule has 0 aliphatic carbocycles. The Hall–Kier alpha value is -3.85. The molecule has 5 aromatic rings. The highest BCUT2D eigenvalue weighted by Crippen LogP contribution is 2.28. The Labute approximate surface area is 188 Å². The number of nitrogens with zero attached hydrogens (tertiary/aromatic N) is 5. The second-order valence-electron chi connectivity index (χ2n) is 7.24. The zero-order valence-corrected chi connectivity index (χ0v) is 18.0. The van der Waals surface area contributed by atoms with Crippen LogP contribution in [0.25, 0.3) is 33.5 Å². The summed E-state index contributed by atoms with van der Waals surface area (Å²) < 4.78 is 15.2. The molecule has 0 spiro atoms. The molecule has 0 aliphatic rings. The van der Waals surface area contributed by atoms with Crippen molar-refractivity contribution in [2.75, 3.05) is 0 Å². The summed E-state index contributed by atoms with van der Waals surface area (Å²) in [7, 11) is 1.74. The van der Waals surface area contributed by atoms with Gasteiger partial charge in [-0.1, -0.05) is 6.07 Å². The molecule has 4 heterocycles. The molecule has 0 saturated heterocycles. The third kappa shape index (κ3) is 3.67. The Morgan fingerprint density at radius 3 is 2.84 bits per heavy atom. The molecule has 0 fully saturated rings. The average Bonchev–Trinajstić information content (AvgIpc) is 3.35. The van der Waals surface area contributed by atoms with E-state index in [9.17, 15) is 9.18 Å². The summed E-state index contributed by atoms with van der Waals surface area (Å²) in [5, 5.41) is 8.18. The van der Waals surface area contributed by atoms with E-state index in [2.05, 4.69) is 30.4 Å². The number of pyridine rings is 1. The molecule has 0 saturated carbocycles. The van der Waals surface area contributed by atoms with Gasteiger partial charge in [-0.25, -0.2) is 14.4 Å². The van der Waals surface area contributed by atoms with Gasteiger partial charge in [0, 0.05) is 24.8 Å². The second-order valence-corrected chi connectivity index (χ2v) is 7.24. The van der Waals surface area contributed by atoms with Crippen LogP contribution in [0.15, 0.2) is 55.0 Å². The van der Waals surface area contributed by atoms with Gasteiger partial charge in [-0.2, -0.15) is 5.10 Å². The van der Waals surface area contributed by atoms with E-state index in [0.717, 1.165) is 11.1 Å². The normalized spacial score (nSPS) is 12.0. The lowest BCUT2D eigenvalue weighted by Gasteiger charge is -2.12. The first-order chi connectivity index (χ1) is 15.0. The Morgan fingerprint density at radius 2 is 2.06 bits per heavy atom. The molecule has 1 aromatic carbocycles. The predicted molar refractivity (Wildman–Crippen MR) is 121 cm³/mol.